The molecule has 1 fully saturated rings. The third kappa shape index (κ3) is 2.33. The third-order valence-electron chi connectivity index (χ3n) is 2.96. The van der Waals surface area contributed by atoms with Gasteiger partial charge < -0.3 is 14.2 Å². The van der Waals surface area contributed by atoms with Crippen LogP contribution in [0.4, 0.5) is 0 Å². The highest BCUT2D eigenvalue weighted by molar-refractivity contribution is 5.91. The van der Waals surface area contributed by atoms with Gasteiger partial charge in [-0.05, 0) is 19.9 Å². The van der Waals surface area contributed by atoms with Gasteiger partial charge in [-0.15, -0.1) is 0 Å². The van der Waals surface area contributed by atoms with Crippen molar-refractivity contribution in [2.24, 2.45) is 0 Å². The molecule has 2 rings (SSSR count). The van der Waals surface area contributed by atoms with Gasteiger partial charge in [-0.2, -0.15) is 0 Å². The molecular formula is C13H16O4. The SMILES string of the molecule is COC(=O)c1ccccc1C1O[C@@H](C)[C@H](C)O1. The van der Waals surface area contributed by atoms with E-state index in [-0.39, 0.29) is 18.2 Å². The summed E-state index contributed by atoms with van der Waals surface area (Å²) in [5, 5.41) is 0. The minimum Gasteiger partial charge on any atom is -0.465 e. The molecule has 92 valence electrons. The molecule has 0 radical (unpaired) electrons. The summed E-state index contributed by atoms with van der Waals surface area (Å²) in [4.78, 5) is 11.6. The molecule has 1 aromatic rings. The molecule has 1 aliphatic heterocycles. The molecule has 1 heterocycles. The van der Waals surface area contributed by atoms with Gasteiger partial charge in [0.1, 0.15) is 0 Å². The predicted octanol–water partition coefficient (Wildman–Crippen LogP) is 2.30. The zero-order chi connectivity index (χ0) is 12.4. The number of methoxy groups -OCH3 is 1. The molecule has 0 unspecified atom stereocenters. The van der Waals surface area contributed by atoms with Gasteiger partial charge in [0.25, 0.3) is 0 Å². The Morgan fingerprint density at radius 1 is 1.18 bits per heavy atom. The summed E-state index contributed by atoms with van der Waals surface area (Å²) >= 11 is 0. The first-order valence-electron chi connectivity index (χ1n) is 5.61. The number of hydrogen-bond acceptors (Lipinski definition) is 4. The van der Waals surface area contributed by atoms with Crippen molar-refractivity contribution in [3.05, 3.63) is 35.4 Å². The Morgan fingerprint density at radius 3 is 2.35 bits per heavy atom. The molecule has 0 bridgehead atoms. The number of ether oxygens (including phenoxy) is 3. The molecule has 4 heteroatoms. The van der Waals surface area contributed by atoms with Crippen molar-refractivity contribution < 1.29 is 19.0 Å². The topological polar surface area (TPSA) is 44.8 Å². The second-order valence-corrected chi connectivity index (χ2v) is 4.09. The summed E-state index contributed by atoms with van der Waals surface area (Å²) in [6.07, 6.45) is -0.452. The molecule has 0 aliphatic carbocycles. The lowest BCUT2D eigenvalue weighted by Crippen LogP contribution is -2.13. The number of benzene rings is 1. The van der Waals surface area contributed by atoms with Crippen LogP contribution in [0.25, 0.3) is 0 Å². The molecule has 0 spiro atoms. The van der Waals surface area contributed by atoms with Gasteiger partial charge in [-0.1, -0.05) is 18.2 Å². The van der Waals surface area contributed by atoms with Crippen LogP contribution in [0, 0.1) is 0 Å². The van der Waals surface area contributed by atoms with E-state index in [9.17, 15) is 4.79 Å². The van der Waals surface area contributed by atoms with E-state index in [1.165, 1.54) is 7.11 Å². The number of hydrogen-bond donors (Lipinski definition) is 0. The maximum atomic E-state index is 11.6. The molecule has 0 aromatic heterocycles. The molecule has 2 atom stereocenters. The lowest BCUT2D eigenvalue weighted by Gasteiger charge is -2.13. The maximum absolute atomic E-state index is 11.6. The van der Waals surface area contributed by atoms with E-state index < -0.39 is 6.29 Å². The van der Waals surface area contributed by atoms with Crippen LogP contribution in [-0.4, -0.2) is 25.3 Å². The molecule has 4 nitrogen and oxygen atoms in total. The molecule has 1 aromatic carbocycles. The first kappa shape index (κ1) is 12.1. The fraction of sp³-hybridized carbons (Fsp3) is 0.462. The fourth-order valence-corrected chi connectivity index (χ4v) is 1.79. The third-order valence-corrected chi connectivity index (χ3v) is 2.96. The second kappa shape index (κ2) is 4.85. The number of carbonyl (C=O) groups is 1. The van der Waals surface area contributed by atoms with Crippen molar-refractivity contribution >= 4 is 5.97 Å². The maximum Gasteiger partial charge on any atom is 0.338 e. The summed E-state index contributed by atoms with van der Waals surface area (Å²) in [6, 6.07) is 7.17. The second-order valence-electron chi connectivity index (χ2n) is 4.09. The Kier molecular flexibility index (Phi) is 3.45. The highest BCUT2D eigenvalue weighted by Crippen LogP contribution is 2.32. The Morgan fingerprint density at radius 2 is 1.76 bits per heavy atom. The van der Waals surface area contributed by atoms with E-state index in [2.05, 4.69) is 0 Å². The quantitative estimate of drug-likeness (QED) is 0.739. The normalized spacial score (nSPS) is 24.9. The van der Waals surface area contributed by atoms with Crippen LogP contribution in [0.2, 0.25) is 0 Å². The molecular weight excluding hydrogens is 220 g/mol. The van der Waals surface area contributed by atoms with Crippen molar-refractivity contribution in [2.75, 3.05) is 7.11 Å². The summed E-state index contributed by atoms with van der Waals surface area (Å²) < 4.78 is 16.1. The summed E-state index contributed by atoms with van der Waals surface area (Å²) in [5.41, 5.74) is 1.21. The van der Waals surface area contributed by atoms with E-state index >= 15 is 0 Å². The number of rotatable bonds is 2. The highest BCUT2D eigenvalue weighted by Gasteiger charge is 2.33. The van der Waals surface area contributed by atoms with Gasteiger partial charge in [-0.3, -0.25) is 0 Å². The van der Waals surface area contributed by atoms with Gasteiger partial charge in [0, 0.05) is 5.56 Å². The van der Waals surface area contributed by atoms with E-state index in [4.69, 9.17) is 14.2 Å². The zero-order valence-electron chi connectivity index (χ0n) is 10.2. The average molecular weight is 236 g/mol. The molecule has 1 saturated heterocycles. The van der Waals surface area contributed by atoms with E-state index in [0.29, 0.717) is 5.56 Å². The van der Waals surface area contributed by atoms with Crippen LogP contribution < -0.4 is 0 Å². The lowest BCUT2D eigenvalue weighted by molar-refractivity contribution is -0.0659. The molecule has 0 saturated carbocycles. The molecule has 0 N–H and O–H groups in total. The molecule has 17 heavy (non-hydrogen) atoms. The van der Waals surface area contributed by atoms with Gasteiger partial charge >= 0.3 is 5.97 Å². The lowest BCUT2D eigenvalue weighted by atomic mass is 10.1. The van der Waals surface area contributed by atoms with E-state index in [1.807, 2.05) is 26.0 Å². The van der Waals surface area contributed by atoms with Crippen LogP contribution >= 0.6 is 0 Å². The highest BCUT2D eigenvalue weighted by atomic mass is 16.7. The van der Waals surface area contributed by atoms with Gasteiger partial charge in [0.05, 0.1) is 24.9 Å². The summed E-state index contributed by atoms with van der Waals surface area (Å²) in [7, 11) is 1.36. The smallest absolute Gasteiger partial charge is 0.338 e. The first-order chi connectivity index (χ1) is 8.13. The molecule has 1 aliphatic rings. The Labute approximate surface area is 100 Å². The Balaban J connectivity index is 2.30. The number of esters is 1. The van der Waals surface area contributed by atoms with Gasteiger partial charge in [-0.25, -0.2) is 4.79 Å². The van der Waals surface area contributed by atoms with Crippen LogP contribution in [0.1, 0.15) is 36.1 Å². The van der Waals surface area contributed by atoms with Crippen molar-refractivity contribution in [2.45, 2.75) is 32.3 Å². The summed E-state index contributed by atoms with van der Waals surface area (Å²) in [6.45, 7) is 3.90. The largest absolute Gasteiger partial charge is 0.465 e. The molecule has 0 amide bonds. The van der Waals surface area contributed by atoms with Crippen LogP contribution in [0.5, 0.6) is 0 Å². The van der Waals surface area contributed by atoms with Crippen LogP contribution in [0.15, 0.2) is 24.3 Å². The predicted molar refractivity (Wildman–Crippen MR) is 61.6 cm³/mol. The van der Waals surface area contributed by atoms with Gasteiger partial charge in [0.15, 0.2) is 6.29 Å². The van der Waals surface area contributed by atoms with E-state index in [1.54, 1.807) is 12.1 Å². The van der Waals surface area contributed by atoms with Crippen LogP contribution in [-0.2, 0) is 14.2 Å². The average Bonchev–Trinajstić information content (AvgIpc) is 2.68. The van der Waals surface area contributed by atoms with Crippen molar-refractivity contribution in [3.63, 3.8) is 0 Å². The van der Waals surface area contributed by atoms with Crippen LogP contribution in [0.3, 0.4) is 0 Å². The monoisotopic (exact) mass is 236 g/mol. The van der Waals surface area contributed by atoms with Crippen molar-refractivity contribution in [1.82, 2.24) is 0 Å². The van der Waals surface area contributed by atoms with E-state index in [0.717, 1.165) is 5.56 Å². The Hall–Kier alpha value is -1.39. The minimum absolute atomic E-state index is 0.0192. The van der Waals surface area contributed by atoms with Crippen molar-refractivity contribution in [3.8, 4) is 0 Å². The van der Waals surface area contributed by atoms with Crippen molar-refractivity contribution in [1.29, 1.82) is 0 Å². The summed E-state index contributed by atoms with van der Waals surface area (Å²) in [5.74, 6) is -0.375. The minimum atomic E-state index is -0.490. The standard InChI is InChI=1S/C13H16O4/c1-8-9(2)17-13(16-8)11-7-5-4-6-10(11)12(14)15-3/h4-9,13H,1-3H3/t8-,9-/m0/s1. The number of carbonyl (C=O) groups excluding carboxylic acids is 1. The zero-order valence-corrected chi connectivity index (χ0v) is 10.2. The fourth-order valence-electron chi connectivity index (χ4n) is 1.79. The van der Waals surface area contributed by atoms with Gasteiger partial charge in [0.2, 0.25) is 0 Å². The Bertz CT molecular complexity index is 406. The first-order valence-corrected chi connectivity index (χ1v) is 5.61.